The predicted octanol–water partition coefficient (Wildman–Crippen LogP) is -0.167. The van der Waals surface area contributed by atoms with Crippen molar-refractivity contribution < 1.29 is 4.79 Å². The average Bonchev–Trinajstić information content (AvgIpc) is 2.80. The van der Waals surface area contributed by atoms with Crippen molar-refractivity contribution in [3.63, 3.8) is 0 Å². The number of nitrogens with one attached hydrogen (secondary N) is 1. The van der Waals surface area contributed by atoms with Gasteiger partial charge in [0.15, 0.2) is 5.65 Å². The van der Waals surface area contributed by atoms with E-state index in [-0.39, 0.29) is 11.6 Å². The highest BCUT2D eigenvalue weighted by molar-refractivity contribution is 5.56. The third kappa shape index (κ3) is 1.77. The van der Waals surface area contributed by atoms with Crippen molar-refractivity contribution in [2.24, 2.45) is 5.92 Å². The first-order valence-corrected chi connectivity index (χ1v) is 5.92. The topological polar surface area (TPSA) is 83.4 Å². The number of rotatable bonds is 2. The van der Waals surface area contributed by atoms with E-state index in [2.05, 4.69) is 15.3 Å². The summed E-state index contributed by atoms with van der Waals surface area (Å²) in [6.07, 6.45) is 2.88. The van der Waals surface area contributed by atoms with Crippen LogP contribution < -0.4 is 10.6 Å². The molecule has 0 saturated carbocycles. The Morgan fingerprint density at radius 2 is 2.33 bits per heavy atom. The van der Waals surface area contributed by atoms with Gasteiger partial charge >= 0.3 is 5.69 Å². The minimum atomic E-state index is -0.351. The Bertz CT molecular complexity index is 632. The Labute approximate surface area is 102 Å². The molecule has 3 heterocycles. The van der Waals surface area contributed by atoms with E-state index < -0.39 is 0 Å². The van der Waals surface area contributed by atoms with Gasteiger partial charge in [-0.1, -0.05) is 0 Å². The maximum absolute atomic E-state index is 11.4. The molecule has 1 saturated heterocycles. The number of aldehydes is 1. The third-order valence-corrected chi connectivity index (χ3v) is 3.23. The lowest BCUT2D eigenvalue weighted by Gasteiger charge is -2.30. The summed E-state index contributed by atoms with van der Waals surface area (Å²) in [6.45, 7) is 1.52. The van der Waals surface area contributed by atoms with E-state index in [9.17, 15) is 9.59 Å². The molecule has 0 radical (unpaired) electrons. The minimum absolute atomic E-state index is 0.0531. The average molecular weight is 247 g/mol. The van der Waals surface area contributed by atoms with Gasteiger partial charge in [-0.3, -0.25) is 0 Å². The van der Waals surface area contributed by atoms with E-state index in [1.807, 2.05) is 11.0 Å². The highest BCUT2D eigenvalue weighted by Crippen LogP contribution is 2.20. The van der Waals surface area contributed by atoms with Crippen molar-refractivity contribution in [1.29, 1.82) is 0 Å². The van der Waals surface area contributed by atoms with Crippen molar-refractivity contribution in [2.75, 3.05) is 18.0 Å². The number of anilines is 1. The van der Waals surface area contributed by atoms with Crippen LogP contribution in [0.3, 0.4) is 0 Å². The Morgan fingerprint density at radius 1 is 1.44 bits per heavy atom. The number of hydrogen-bond donors (Lipinski definition) is 1. The molecule has 1 N–H and O–H groups in total. The van der Waals surface area contributed by atoms with Gasteiger partial charge in [0, 0.05) is 19.0 Å². The fourth-order valence-corrected chi connectivity index (χ4v) is 2.29. The molecule has 1 fully saturated rings. The first-order valence-electron chi connectivity index (χ1n) is 5.92. The lowest BCUT2D eigenvalue weighted by atomic mass is 10.00. The predicted molar refractivity (Wildman–Crippen MR) is 64.6 cm³/mol. The number of hydrogen-bond acceptors (Lipinski definition) is 5. The quantitative estimate of drug-likeness (QED) is 0.745. The Balaban J connectivity index is 1.95. The molecule has 0 aromatic carbocycles. The van der Waals surface area contributed by atoms with E-state index in [1.165, 1.54) is 4.52 Å². The number of H-pyrrole nitrogens is 1. The molecule has 7 nitrogen and oxygen atoms in total. The van der Waals surface area contributed by atoms with E-state index >= 15 is 0 Å². The van der Waals surface area contributed by atoms with Gasteiger partial charge in [0.2, 0.25) is 0 Å². The van der Waals surface area contributed by atoms with E-state index in [0.29, 0.717) is 18.0 Å². The first-order chi connectivity index (χ1) is 8.78. The highest BCUT2D eigenvalue weighted by Gasteiger charge is 2.20. The second-order valence-corrected chi connectivity index (χ2v) is 4.47. The van der Waals surface area contributed by atoms with Gasteiger partial charge in [0.05, 0.1) is 0 Å². The molecule has 2 aromatic rings. The van der Waals surface area contributed by atoms with Crippen molar-refractivity contribution in [1.82, 2.24) is 19.8 Å². The lowest BCUT2D eigenvalue weighted by Crippen LogP contribution is -2.37. The number of aromatic nitrogens is 4. The van der Waals surface area contributed by atoms with Crippen LogP contribution in [0.4, 0.5) is 5.82 Å². The van der Waals surface area contributed by atoms with Gasteiger partial charge in [-0.2, -0.15) is 9.61 Å². The highest BCUT2D eigenvalue weighted by atomic mass is 16.2. The number of nitrogens with zero attached hydrogens (tertiary/aromatic N) is 4. The summed E-state index contributed by atoms with van der Waals surface area (Å²) in [6, 6.07) is 3.56. The molecule has 0 spiro atoms. The van der Waals surface area contributed by atoms with Crippen LogP contribution in [0.25, 0.3) is 5.65 Å². The molecule has 3 rings (SSSR count). The summed E-state index contributed by atoms with van der Waals surface area (Å²) in [7, 11) is 0. The maximum Gasteiger partial charge on any atom is 0.364 e. The zero-order chi connectivity index (χ0) is 12.5. The third-order valence-electron chi connectivity index (χ3n) is 3.23. The first kappa shape index (κ1) is 10.9. The van der Waals surface area contributed by atoms with E-state index in [4.69, 9.17) is 0 Å². The SMILES string of the molecule is O=CC1CCCN(c2ccc3n[nH]c(=O)n3n2)C1. The molecule has 0 bridgehead atoms. The van der Waals surface area contributed by atoms with Gasteiger partial charge in [-0.25, -0.2) is 9.89 Å². The molecule has 7 heteroatoms. The lowest BCUT2D eigenvalue weighted by molar-refractivity contribution is -0.111. The molecule has 0 amide bonds. The molecular formula is C11H13N5O2. The molecule has 1 atom stereocenters. The van der Waals surface area contributed by atoms with Crippen LogP contribution in [0, 0.1) is 5.92 Å². The fraction of sp³-hybridized carbons (Fsp3) is 0.455. The molecular weight excluding hydrogens is 234 g/mol. The molecule has 18 heavy (non-hydrogen) atoms. The Morgan fingerprint density at radius 3 is 3.17 bits per heavy atom. The normalized spacial score (nSPS) is 20.2. The zero-order valence-corrected chi connectivity index (χ0v) is 9.74. The number of carbonyl (C=O) groups is 1. The number of piperidine rings is 1. The Hall–Kier alpha value is -2.18. The van der Waals surface area contributed by atoms with E-state index in [1.54, 1.807) is 6.07 Å². The number of carbonyl (C=O) groups excluding carboxylic acids is 1. The molecule has 0 aliphatic carbocycles. The van der Waals surface area contributed by atoms with Crippen LogP contribution >= 0.6 is 0 Å². The maximum atomic E-state index is 11.4. The molecule has 1 aliphatic heterocycles. The summed E-state index contributed by atoms with van der Waals surface area (Å²) in [5.74, 6) is 0.759. The van der Waals surface area contributed by atoms with Crippen LogP contribution in [0.5, 0.6) is 0 Å². The number of fused-ring (bicyclic) bond motifs is 1. The largest absolute Gasteiger partial charge is 0.364 e. The smallest absolute Gasteiger partial charge is 0.354 e. The second kappa shape index (κ2) is 4.25. The van der Waals surface area contributed by atoms with Crippen LogP contribution in [-0.2, 0) is 4.79 Å². The number of aromatic amines is 1. The Kier molecular flexibility index (Phi) is 2.58. The second-order valence-electron chi connectivity index (χ2n) is 4.47. The summed E-state index contributed by atoms with van der Waals surface area (Å²) >= 11 is 0. The molecule has 1 aliphatic rings. The minimum Gasteiger partial charge on any atom is -0.354 e. The fourth-order valence-electron chi connectivity index (χ4n) is 2.29. The van der Waals surface area contributed by atoms with Crippen LogP contribution in [0.15, 0.2) is 16.9 Å². The van der Waals surface area contributed by atoms with Crippen LogP contribution in [-0.4, -0.2) is 39.2 Å². The van der Waals surface area contributed by atoms with Crippen molar-refractivity contribution in [3.8, 4) is 0 Å². The summed E-state index contributed by atoms with van der Waals surface area (Å²) in [5.41, 5.74) is 0.142. The summed E-state index contributed by atoms with van der Waals surface area (Å²) < 4.78 is 1.24. The summed E-state index contributed by atoms with van der Waals surface area (Å²) in [4.78, 5) is 24.3. The molecule has 1 unspecified atom stereocenters. The van der Waals surface area contributed by atoms with Gasteiger partial charge in [0.1, 0.15) is 12.1 Å². The van der Waals surface area contributed by atoms with Crippen LogP contribution in [0.2, 0.25) is 0 Å². The van der Waals surface area contributed by atoms with Gasteiger partial charge < -0.3 is 9.69 Å². The van der Waals surface area contributed by atoms with Gasteiger partial charge in [0.25, 0.3) is 0 Å². The molecule has 2 aromatic heterocycles. The van der Waals surface area contributed by atoms with Crippen LogP contribution in [0.1, 0.15) is 12.8 Å². The van der Waals surface area contributed by atoms with E-state index in [0.717, 1.165) is 25.7 Å². The van der Waals surface area contributed by atoms with Crippen molar-refractivity contribution in [3.05, 3.63) is 22.6 Å². The molecule has 94 valence electrons. The standard InChI is InChI=1S/C11H13N5O2/c17-7-8-2-1-5-15(6-8)10-4-3-9-12-13-11(18)16(9)14-10/h3-4,7-8H,1-2,5-6H2,(H,13,18). The van der Waals surface area contributed by atoms with Gasteiger partial charge in [-0.15, -0.1) is 5.10 Å². The van der Waals surface area contributed by atoms with Gasteiger partial charge in [-0.05, 0) is 25.0 Å². The van der Waals surface area contributed by atoms with Crippen molar-refractivity contribution >= 4 is 17.8 Å². The monoisotopic (exact) mass is 247 g/mol. The zero-order valence-electron chi connectivity index (χ0n) is 9.74. The summed E-state index contributed by atoms with van der Waals surface area (Å²) in [5, 5.41) is 10.4. The van der Waals surface area contributed by atoms with Crippen molar-refractivity contribution in [2.45, 2.75) is 12.8 Å².